The zero-order valence-electron chi connectivity index (χ0n) is 10.3. The molecule has 0 aromatic heterocycles. The molecule has 1 unspecified atom stereocenters. The van der Waals surface area contributed by atoms with E-state index in [0.717, 1.165) is 5.56 Å². The molecule has 0 amide bonds. The van der Waals surface area contributed by atoms with Crippen LogP contribution in [0.3, 0.4) is 0 Å². The third-order valence-electron chi connectivity index (χ3n) is 3.00. The first-order valence-electron chi connectivity index (χ1n) is 5.82. The molecule has 2 rings (SSSR count). The quantitative estimate of drug-likeness (QED) is 0.661. The van der Waals surface area contributed by atoms with E-state index in [4.69, 9.17) is 23.2 Å². The van der Waals surface area contributed by atoms with Crippen LogP contribution in [0.25, 0.3) is 0 Å². The van der Waals surface area contributed by atoms with Gasteiger partial charge in [0.15, 0.2) is 0 Å². The van der Waals surface area contributed by atoms with Crippen LogP contribution < -0.4 is 0 Å². The SMILES string of the molecule is Cc1cccc(C(Cl)Cc2c(F)cccc2F)c1Cl. The Bertz CT molecular complexity index is 576. The Morgan fingerprint density at radius 1 is 1.05 bits per heavy atom. The van der Waals surface area contributed by atoms with E-state index in [2.05, 4.69) is 0 Å². The average molecular weight is 301 g/mol. The van der Waals surface area contributed by atoms with E-state index < -0.39 is 17.0 Å². The first kappa shape index (κ1) is 14.3. The van der Waals surface area contributed by atoms with Crippen molar-refractivity contribution in [1.29, 1.82) is 0 Å². The highest BCUT2D eigenvalue weighted by atomic mass is 35.5. The fourth-order valence-electron chi connectivity index (χ4n) is 1.93. The summed E-state index contributed by atoms with van der Waals surface area (Å²) in [6.07, 6.45) is 0.0588. The van der Waals surface area contributed by atoms with Gasteiger partial charge in [0.2, 0.25) is 0 Å². The van der Waals surface area contributed by atoms with Gasteiger partial charge in [-0.05, 0) is 36.6 Å². The lowest BCUT2D eigenvalue weighted by Gasteiger charge is -2.14. The molecule has 2 aromatic carbocycles. The molecule has 0 heterocycles. The summed E-state index contributed by atoms with van der Waals surface area (Å²) in [6, 6.07) is 9.23. The van der Waals surface area contributed by atoms with Gasteiger partial charge in [-0.2, -0.15) is 0 Å². The minimum Gasteiger partial charge on any atom is -0.207 e. The molecule has 0 fully saturated rings. The third-order valence-corrected chi connectivity index (χ3v) is 3.91. The topological polar surface area (TPSA) is 0 Å². The molecule has 4 heteroatoms. The summed E-state index contributed by atoms with van der Waals surface area (Å²) in [7, 11) is 0. The fraction of sp³-hybridized carbons (Fsp3) is 0.200. The molecule has 2 aromatic rings. The van der Waals surface area contributed by atoms with Crippen LogP contribution in [0.2, 0.25) is 5.02 Å². The maximum Gasteiger partial charge on any atom is 0.129 e. The smallest absolute Gasteiger partial charge is 0.129 e. The maximum atomic E-state index is 13.6. The van der Waals surface area contributed by atoms with Gasteiger partial charge in [-0.3, -0.25) is 0 Å². The Morgan fingerprint density at radius 3 is 2.26 bits per heavy atom. The van der Waals surface area contributed by atoms with E-state index in [0.29, 0.717) is 10.6 Å². The van der Waals surface area contributed by atoms with Gasteiger partial charge in [0.25, 0.3) is 0 Å². The van der Waals surface area contributed by atoms with E-state index in [1.165, 1.54) is 18.2 Å². The van der Waals surface area contributed by atoms with Crippen molar-refractivity contribution in [3.63, 3.8) is 0 Å². The second-order valence-electron chi connectivity index (χ2n) is 4.35. The number of benzene rings is 2. The molecule has 0 aliphatic rings. The van der Waals surface area contributed by atoms with Crippen molar-refractivity contribution >= 4 is 23.2 Å². The second kappa shape index (κ2) is 5.89. The number of hydrogen-bond acceptors (Lipinski definition) is 0. The van der Waals surface area contributed by atoms with Crippen LogP contribution in [0.4, 0.5) is 8.78 Å². The van der Waals surface area contributed by atoms with Crippen molar-refractivity contribution in [2.45, 2.75) is 18.7 Å². The predicted octanol–water partition coefficient (Wildman–Crippen LogP) is 5.45. The van der Waals surface area contributed by atoms with Gasteiger partial charge in [0.05, 0.1) is 5.38 Å². The molecule has 1 atom stereocenters. The fourth-order valence-corrected chi connectivity index (χ4v) is 2.58. The van der Waals surface area contributed by atoms with Crippen molar-refractivity contribution in [3.05, 3.63) is 69.7 Å². The first-order valence-corrected chi connectivity index (χ1v) is 6.64. The number of rotatable bonds is 3. The molecule has 0 radical (unpaired) electrons. The van der Waals surface area contributed by atoms with Crippen LogP contribution in [0.1, 0.15) is 22.1 Å². The van der Waals surface area contributed by atoms with Gasteiger partial charge < -0.3 is 0 Å². The molecule has 0 saturated carbocycles. The molecule has 100 valence electrons. The zero-order chi connectivity index (χ0) is 14.0. The van der Waals surface area contributed by atoms with Gasteiger partial charge in [0.1, 0.15) is 11.6 Å². The summed E-state index contributed by atoms with van der Waals surface area (Å²) in [6.45, 7) is 1.86. The second-order valence-corrected chi connectivity index (χ2v) is 5.25. The summed E-state index contributed by atoms with van der Waals surface area (Å²) in [4.78, 5) is 0. The van der Waals surface area contributed by atoms with Crippen LogP contribution in [0.5, 0.6) is 0 Å². The molecule has 19 heavy (non-hydrogen) atoms. The van der Waals surface area contributed by atoms with Crippen molar-refractivity contribution in [1.82, 2.24) is 0 Å². The average Bonchev–Trinajstić information content (AvgIpc) is 2.37. The van der Waals surface area contributed by atoms with E-state index in [1.54, 1.807) is 6.07 Å². The lowest BCUT2D eigenvalue weighted by molar-refractivity contribution is 0.553. The summed E-state index contributed by atoms with van der Waals surface area (Å²) in [5.74, 6) is -1.18. The molecule has 0 spiro atoms. The summed E-state index contributed by atoms with van der Waals surface area (Å²) in [5, 5.41) is -0.0296. The van der Waals surface area contributed by atoms with Crippen LogP contribution in [0, 0.1) is 18.6 Å². The lowest BCUT2D eigenvalue weighted by Crippen LogP contribution is -2.02. The Morgan fingerprint density at radius 2 is 1.63 bits per heavy atom. The van der Waals surface area contributed by atoms with Crippen molar-refractivity contribution in [3.8, 4) is 0 Å². The molecule has 0 aliphatic heterocycles. The predicted molar refractivity (Wildman–Crippen MR) is 74.8 cm³/mol. The molecule has 0 bridgehead atoms. The van der Waals surface area contributed by atoms with Crippen LogP contribution in [-0.4, -0.2) is 0 Å². The van der Waals surface area contributed by atoms with Crippen molar-refractivity contribution < 1.29 is 8.78 Å². The number of alkyl halides is 1. The normalized spacial score (nSPS) is 12.5. The molecular weight excluding hydrogens is 289 g/mol. The highest BCUT2D eigenvalue weighted by Crippen LogP contribution is 2.33. The number of hydrogen-bond donors (Lipinski definition) is 0. The highest BCUT2D eigenvalue weighted by molar-refractivity contribution is 6.33. The highest BCUT2D eigenvalue weighted by Gasteiger charge is 2.18. The summed E-state index contributed by atoms with van der Waals surface area (Å²) < 4.78 is 27.1. The third kappa shape index (κ3) is 3.07. The van der Waals surface area contributed by atoms with Gasteiger partial charge in [-0.15, -0.1) is 11.6 Å². The van der Waals surface area contributed by atoms with E-state index >= 15 is 0 Å². The minimum absolute atomic E-state index is 0.0138. The molecule has 0 N–H and O–H groups in total. The van der Waals surface area contributed by atoms with E-state index in [-0.39, 0.29) is 12.0 Å². The first-order chi connectivity index (χ1) is 9.00. The van der Waals surface area contributed by atoms with Gasteiger partial charge >= 0.3 is 0 Å². The van der Waals surface area contributed by atoms with Gasteiger partial charge in [-0.1, -0.05) is 35.9 Å². The molecular formula is C15H12Cl2F2. The van der Waals surface area contributed by atoms with E-state index in [1.807, 2.05) is 19.1 Å². The van der Waals surface area contributed by atoms with Crippen molar-refractivity contribution in [2.24, 2.45) is 0 Å². The number of halogens is 4. The van der Waals surface area contributed by atoms with Gasteiger partial charge in [-0.25, -0.2) is 8.78 Å². The molecule has 0 aliphatic carbocycles. The lowest BCUT2D eigenvalue weighted by atomic mass is 10.0. The van der Waals surface area contributed by atoms with Gasteiger partial charge in [0, 0.05) is 10.6 Å². The van der Waals surface area contributed by atoms with Crippen molar-refractivity contribution in [2.75, 3.05) is 0 Å². The van der Waals surface area contributed by atoms with Crippen LogP contribution in [0.15, 0.2) is 36.4 Å². The number of aryl methyl sites for hydroxylation is 1. The Labute approximate surface area is 121 Å². The summed E-state index contributed by atoms with van der Waals surface area (Å²) in [5.41, 5.74) is 1.56. The minimum atomic E-state index is -0.588. The molecule has 0 nitrogen and oxygen atoms in total. The monoisotopic (exact) mass is 300 g/mol. The van der Waals surface area contributed by atoms with Crippen LogP contribution >= 0.6 is 23.2 Å². The van der Waals surface area contributed by atoms with Crippen LogP contribution in [-0.2, 0) is 6.42 Å². The Hall–Kier alpha value is -1.12. The molecule has 0 saturated heterocycles. The largest absolute Gasteiger partial charge is 0.207 e. The van der Waals surface area contributed by atoms with E-state index in [9.17, 15) is 8.78 Å². The Balaban J connectivity index is 2.31. The zero-order valence-corrected chi connectivity index (χ0v) is 11.8. The summed E-state index contributed by atoms with van der Waals surface area (Å²) >= 11 is 12.4. The standard InChI is InChI=1S/C15H12Cl2F2/c1-9-4-2-5-10(15(9)17)12(16)8-11-13(18)6-3-7-14(11)19/h2-7,12H,8H2,1H3. The Kier molecular flexibility index (Phi) is 4.43. The maximum absolute atomic E-state index is 13.6.